The second-order valence-electron chi connectivity index (χ2n) is 6.18. The molecule has 0 aliphatic heterocycles. The highest BCUT2D eigenvalue weighted by Crippen LogP contribution is 2.28. The molecule has 1 fully saturated rings. The minimum Gasteiger partial charge on any atom is -0.492 e. The zero-order valence-electron chi connectivity index (χ0n) is 13.3. The van der Waals surface area contributed by atoms with Crippen molar-refractivity contribution in [1.82, 2.24) is 5.32 Å². The summed E-state index contributed by atoms with van der Waals surface area (Å²) in [6, 6.07) is 6.32. The van der Waals surface area contributed by atoms with Crippen LogP contribution in [-0.4, -0.2) is 19.2 Å². The van der Waals surface area contributed by atoms with Crippen molar-refractivity contribution in [2.24, 2.45) is 5.92 Å². The molecule has 118 valence electrons. The Hall–Kier alpha value is -0.730. The number of ether oxygens (including phenoxy) is 1. The van der Waals surface area contributed by atoms with Gasteiger partial charge in [-0.2, -0.15) is 0 Å². The van der Waals surface area contributed by atoms with Crippen LogP contribution in [0.5, 0.6) is 5.75 Å². The molecule has 0 saturated heterocycles. The predicted molar refractivity (Wildman–Crippen MR) is 90.3 cm³/mol. The van der Waals surface area contributed by atoms with Crippen LogP contribution in [0.3, 0.4) is 0 Å². The van der Waals surface area contributed by atoms with Gasteiger partial charge in [-0.25, -0.2) is 0 Å². The summed E-state index contributed by atoms with van der Waals surface area (Å²) in [6.45, 7) is 6.10. The van der Waals surface area contributed by atoms with E-state index in [2.05, 4.69) is 19.2 Å². The third-order valence-corrected chi connectivity index (χ3v) is 4.68. The summed E-state index contributed by atoms with van der Waals surface area (Å²) >= 11 is 6.07. The summed E-state index contributed by atoms with van der Waals surface area (Å²) in [5.74, 6) is 1.67. The predicted octanol–water partition coefficient (Wildman–Crippen LogP) is 4.98. The zero-order chi connectivity index (χ0) is 15.1. The van der Waals surface area contributed by atoms with Crippen LogP contribution in [0.15, 0.2) is 18.2 Å². The molecule has 1 unspecified atom stereocenters. The smallest absolute Gasteiger partial charge is 0.123 e. The number of hydrogen-bond donors (Lipinski definition) is 1. The van der Waals surface area contributed by atoms with Crippen molar-refractivity contribution in [3.05, 3.63) is 28.8 Å². The standard InChI is InChI=1S/C18H28ClNO/c1-3-11-20-17(15-7-5-4-6-8-15)13-21-18-12-16(19)10-9-14(18)2/h9-10,12,15,17,20H,3-8,11,13H2,1-2H3. The highest BCUT2D eigenvalue weighted by atomic mass is 35.5. The number of benzene rings is 1. The lowest BCUT2D eigenvalue weighted by molar-refractivity contribution is 0.185. The van der Waals surface area contributed by atoms with E-state index in [1.165, 1.54) is 38.5 Å². The molecule has 1 aliphatic carbocycles. The van der Waals surface area contributed by atoms with Gasteiger partial charge in [-0.1, -0.05) is 43.9 Å². The molecule has 1 saturated carbocycles. The fourth-order valence-electron chi connectivity index (χ4n) is 3.14. The summed E-state index contributed by atoms with van der Waals surface area (Å²) < 4.78 is 6.08. The Morgan fingerprint density at radius 1 is 1.29 bits per heavy atom. The first-order valence-corrected chi connectivity index (χ1v) is 8.71. The molecular weight excluding hydrogens is 282 g/mol. The summed E-state index contributed by atoms with van der Waals surface area (Å²) in [5, 5.41) is 4.43. The molecule has 1 atom stereocenters. The SMILES string of the molecule is CCCNC(COc1cc(Cl)ccc1C)C1CCCCC1. The van der Waals surface area contributed by atoms with Gasteiger partial charge in [-0.3, -0.25) is 0 Å². The van der Waals surface area contributed by atoms with Gasteiger partial charge in [0.25, 0.3) is 0 Å². The molecule has 0 heterocycles. The van der Waals surface area contributed by atoms with E-state index in [4.69, 9.17) is 16.3 Å². The Morgan fingerprint density at radius 3 is 2.76 bits per heavy atom. The molecule has 21 heavy (non-hydrogen) atoms. The highest BCUT2D eigenvalue weighted by Gasteiger charge is 2.23. The lowest BCUT2D eigenvalue weighted by Crippen LogP contribution is -2.42. The molecule has 1 N–H and O–H groups in total. The van der Waals surface area contributed by atoms with Gasteiger partial charge in [-0.15, -0.1) is 0 Å². The van der Waals surface area contributed by atoms with Crippen LogP contribution in [0.4, 0.5) is 0 Å². The molecule has 1 aliphatic rings. The minimum absolute atomic E-state index is 0.462. The average Bonchev–Trinajstić information content (AvgIpc) is 2.51. The first-order chi connectivity index (χ1) is 10.2. The van der Waals surface area contributed by atoms with Crippen LogP contribution in [0, 0.1) is 12.8 Å². The van der Waals surface area contributed by atoms with E-state index < -0.39 is 0 Å². The lowest BCUT2D eigenvalue weighted by Gasteiger charge is -2.31. The average molecular weight is 310 g/mol. The molecule has 0 aromatic heterocycles. The van der Waals surface area contributed by atoms with Crippen LogP contribution < -0.4 is 10.1 Å². The van der Waals surface area contributed by atoms with Crippen molar-refractivity contribution in [3.8, 4) is 5.75 Å². The highest BCUT2D eigenvalue weighted by molar-refractivity contribution is 6.30. The van der Waals surface area contributed by atoms with Crippen LogP contribution in [0.2, 0.25) is 5.02 Å². The third-order valence-electron chi connectivity index (χ3n) is 4.44. The lowest BCUT2D eigenvalue weighted by atomic mass is 9.84. The van der Waals surface area contributed by atoms with E-state index >= 15 is 0 Å². The fourth-order valence-corrected chi connectivity index (χ4v) is 3.30. The summed E-state index contributed by atoms with van der Waals surface area (Å²) in [4.78, 5) is 0. The Balaban J connectivity index is 1.95. The molecule has 0 radical (unpaired) electrons. The molecule has 2 nitrogen and oxygen atoms in total. The topological polar surface area (TPSA) is 21.3 Å². The number of halogens is 1. The Labute approximate surface area is 134 Å². The van der Waals surface area contributed by atoms with Gasteiger partial charge in [0.1, 0.15) is 12.4 Å². The summed E-state index contributed by atoms with van der Waals surface area (Å²) in [7, 11) is 0. The van der Waals surface area contributed by atoms with Crippen LogP contribution in [0.1, 0.15) is 51.0 Å². The van der Waals surface area contributed by atoms with E-state index in [9.17, 15) is 0 Å². The van der Waals surface area contributed by atoms with E-state index in [1.807, 2.05) is 18.2 Å². The van der Waals surface area contributed by atoms with Crippen LogP contribution in [0.25, 0.3) is 0 Å². The third kappa shape index (κ3) is 5.19. The van der Waals surface area contributed by atoms with Gasteiger partial charge >= 0.3 is 0 Å². The van der Waals surface area contributed by atoms with Crippen LogP contribution in [-0.2, 0) is 0 Å². The fraction of sp³-hybridized carbons (Fsp3) is 0.667. The van der Waals surface area contributed by atoms with E-state index in [-0.39, 0.29) is 0 Å². The zero-order valence-corrected chi connectivity index (χ0v) is 14.1. The van der Waals surface area contributed by atoms with E-state index in [0.717, 1.165) is 35.4 Å². The molecule has 2 rings (SSSR count). The minimum atomic E-state index is 0.462. The van der Waals surface area contributed by atoms with Crippen molar-refractivity contribution in [3.63, 3.8) is 0 Å². The maximum Gasteiger partial charge on any atom is 0.123 e. The normalized spacial score (nSPS) is 17.7. The first kappa shape index (κ1) is 16.6. The largest absolute Gasteiger partial charge is 0.492 e. The Morgan fingerprint density at radius 2 is 2.05 bits per heavy atom. The van der Waals surface area contributed by atoms with Crippen molar-refractivity contribution < 1.29 is 4.74 Å². The number of rotatable bonds is 7. The van der Waals surface area contributed by atoms with Gasteiger partial charge in [-0.05, 0) is 56.3 Å². The number of nitrogens with one attached hydrogen (secondary N) is 1. The molecular formula is C18H28ClNO. The molecule has 3 heteroatoms. The molecule has 1 aromatic carbocycles. The number of aryl methyl sites for hydroxylation is 1. The van der Waals surface area contributed by atoms with Gasteiger partial charge in [0.15, 0.2) is 0 Å². The summed E-state index contributed by atoms with van der Waals surface area (Å²) in [5.41, 5.74) is 1.15. The molecule has 0 spiro atoms. The summed E-state index contributed by atoms with van der Waals surface area (Å²) in [6.07, 6.45) is 7.96. The van der Waals surface area contributed by atoms with Crippen molar-refractivity contribution in [2.45, 2.75) is 58.4 Å². The van der Waals surface area contributed by atoms with E-state index in [0.29, 0.717) is 6.04 Å². The van der Waals surface area contributed by atoms with Crippen LogP contribution >= 0.6 is 11.6 Å². The monoisotopic (exact) mass is 309 g/mol. The maximum atomic E-state index is 6.08. The van der Waals surface area contributed by atoms with Gasteiger partial charge in [0.2, 0.25) is 0 Å². The van der Waals surface area contributed by atoms with Gasteiger partial charge < -0.3 is 10.1 Å². The van der Waals surface area contributed by atoms with Gasteiger partial charge in [0, 0.05) is 11.1 Å². The van der Waals surface area contributed by atoms with Crippen molar-refractivity contribution in [2.75, 3.05) is 13.2 Å². The maximum absolute atomic E-state index is 6.08. The van der Waals surface area contributed by atoms with Gasteiger partial charge in [0.05, 0.1) is 0 Å². The second kappa shape index (κ2) is 8.65. The van der Waals surface area contributed by atoms with E-state index in [1.54, 1.807) is 0 Å². The molecule has 1 aromatic rings. The van der Waals surface area contributed by atoms with Crippen molar-refractivity contribution in [1.29, 1.82) is 0 Å². The number of hydrogen-bond acceptors (Lipinski definition) is 2. The first-order valence-electron chi connectivity index (χ1n) is 8.33. The van der Waals surface area contributed by atoms with Crippen molar-refractivity contribution >= 4 is 11.6 Å². The Bertz CT molecular complexity index is 429. The second-order valence-corrected chi connectivity index (χ2v) is 6.62. The Kier molecular flexibility index (Phi) is 6.85. The molecule has 0 bridgehead atoms. The molecule has 0 amide bonds. The quantitative estimate of drug-likeness (QED) is 0.767.